The molecule has 0 aliphatic rings. The maximum absolute atomic E-state index is 4.49. The average molecular weight is 242 g/mol. The zero-order valence-electron chi connectivity index (χ0n) is 11.5. The van der Waals surface area contributed by atoms with E-state index in [0.717, 1.165) is 24.9 Å². The molecule has 0 bridgehead atoms. The SMILES string of the molecule is CC(C)(C)NCCCc1cnc2ccccc2c1. The summed E-state index contributed by atoms with van der Waals surface area (Å²) in [7, 11) is 0. The van der Waals surface area contributed by atoms with Gasteiger partial charge >= 0.3 is 0 Å². The third kappa shape index (κ3) is 3.81. The molecule has 1 N–H and O–H groups in total. The number of fused-ring (bicyclic) bond motifs is 1. The van der Waals surface area contributed by atoms with Crippen molar-refractivity contribution in [2.45, 2.75) is 39.2 Å². The quantitative estimate of drug-likeness (QED) is 0.829. The molecule has 2 heteroatoms. The maximum atomic E-state index is 4.49. The van der Waals surface area contributed by atoms with Gasteiger partial charge in [0.05, 0.1) is 5.52 Å². The highest BCUT2D eigenvalue weighted by Gasteiger charge is 2.07. The summed E-state index contributed by atoms with van der Waals surface area (Å²) in [6.07, 6.45) is 4.23. The van der Waals surface area contributed by atoms with E-state index in [4.69, 9.17) is 0 Å². The molecule has 2 aromatic rings. The topological polar surface area (TPSA) is 24.9 Å². The minimum atomic E-state index is 0.210. The number of hydrogen-bond donors (Lipinski definition) is 1. The van der Waals surface area contributed by atoms with E-state index >= 15 is 0 Å². The van der Waals surface area contributed by atoms with Crippen LogP contribution in [0.15, 0.2) is 36.5 Å². The van der Waals surface area contributed by atoms with Crippen molar-refractivity contribution in [1.29, 1.82) is 0 Å². The van der Waals surface area contributed by atoms with Crippen molar-refractivity contribution in [2.75, 3.05) is 6.54 Å². The first-order valence-corrected chi connectivity index (χ1v) is 6.63. The Balaban J connectivity index is 1.92. The lowest BCUT2D eigenvalue weighted by Gasteiger charge is -2.20. The fraction of sp³-hybridized carbons (Fsp3) is 0.438. The summed E-state index contributed by atoms with van der Waals surface area (Å²) in [6, 6.07) is 10.5. The molecule has 0 spiro atoms. The second-order valence-corrected chi connectivity index (χ2v) is 5.82. The summed E-state index contributed by atoms with van der Waals surface area (Å²) in [5.41, 5.74) is 2.61. The number of nitrogens with one attached hydrogen (secondary N) is 1. The van der Waals surface area contributed by atoms with Crippen LogP contribution in [0.25, 0.3) is 10.9 Å². The van der Waals surface area contributed by atoms with Crippen LogP contribution in [0.5, 0.6) is 0 Å². The summed E-state index contributed by atoms with van der Waals surface area (Å²) in [4.78, 5) is 4.49. The Labute approximate surface area is 109 Å². The maximum Gasteiger partial charge on any atom is 0.0702 e. The molecule has 18 heavy (non-hydrogen) atoms. The smallest absolute Gasteiger partial charge is 0.0702 e. The first-order chi connectivity index (χ1) is 8.54. The Bertz CT molecular complexity index is 512. The molecule has 0 aliphatic carbocycles. The van der Waals surface area contributed by atoms with Crippen LogP contribution in [-0.2, 0) is 6.42 Å². The first kappa shape index (κ1) is 13.0. The number of aryl methyl sites for hydroxylation is 1. The van der Waals surface area contributed by atoms with Gasteiger partial charge in [0, 0.05) is 17.1 Å². The third-order valence-electron chi connectivity index (χ3n) is 2.94. The highest BCUT2D eigenvalue weighted by molar-refractivity contribution is 5.78. The highest BCUT2D eigenvalue weighted by Crippen LogP contribution is 2.13. The number of rotatable bonds is 4. The number of para-hydroxylation sites is 1. The van der Waals surface area contributed by atoms with E-state index < -0.39 is 0 Å². The van der Waals surface area contributed by atoms with Crippen molar-refractivity contribution in [2.24, 2.45) is 0 Å². The summed E-state index contributed by atoms with van der Waals surface area (Å²) < 4.78 is 0. The molecule has 1 aromatic heterocycles. The normalized spacial score (nSPS) is 11.9. The van der Waals surface area contributed by atoms with Crippen molar-refractivity contribution >= 4 is 10.9 Å². The van der Waals surface area contributed by atoms with Gasteiger partial charge < -0.3 is 5.32 Å². The zero-order chi connectivity index (χ0) is 13.0. The fourth-order valence-electron chi connectivity index (χ4n) is 2.01. The number of benzene rings is 1. The van der Waals surface area contributed by atoms with Gasteiger partial charge in [-0.3, -0.25) is 4.98 Å². The molecule has 0 saturated carbocycles. The van der Waals surface area contributed by atoms with Gasteiger partial charge in [0.25, 0.3) is 0 Å². The van der Waals surface area contributed by atoms with Crippen LogP contribution in [0.3, 0.4) is 0 Å². The first-order valence-electron chi connectivity index (χ1n) is 6.63. The predicted molar refractivity (Wildman–Crippen MR) is 77.8 cm³/mol. The van der Waals surface area contributed by atoms with Crippen LogP contribution in [-0.4, -0.2) is 17.1 Å². The van der Waals surface area contributed by atoms with E-state index in [1.165, 1.54) is 10.9 Å². The fourth-order valence-corrected chi connectivity index (χ4v) is 2.01. The van der Waals surface area contributed by atoms with Gasteiger partial charge in [0.15, 0.2) is 0 Å². The van der Waals surface area contributed by atoms with Crippen molar-refractivity contribution in [1.82, 2.24) is 10.3 Å². The van der Waals surface area contributed by atoms with Crippen LogP contribution in [0.2, 0.25) is 0 Å². The minimum Gasteiger partial charge on any atom is -0.312 e. The lowest BCUT2D eigenvalue weighted by atomic mass is 10.1. The Hall–Kier alpha value is -1.41. The van der Waals surface area contributed by atoms with Gasteiger partial charge in [-0.05, 0) is 57.9 Å². The Kier molecular flexibility index (Phi) is 3.97. The van der Waals surface area contributed by atoms with Gasteiger partial charge in [-0.1, -0.05) is 18.2 Å². The van der Waals surface area contributed by atoms with Crippen molar-refractivity contribution in [3.05, 3.63) is 42.1 Å². The van der Waals surface area contributed by atoms with E-state index in [2.05, 4.69) is 55.3 Å². The lowest BCUT2D eigenvalue weighted by molar-refractivity contribution is 0.422. The molecule has 96 valence electrons. The summed E-state index contributed by atoms with van der Waals surface area (Å²) in [5, 5.41) is 4.74. The van der Waals surface area contributed by atoms with Crippen LogP contribution in [0, 0.1) is 0 Å². The molecule has 0 unspecified atom stereocenters. The molecule has 1 aromatic carbocycles. The van der Waals surface area contributed by atoms with Gasteiger partial charge in [-0.15, -0.1) is 0 Å². The van der Waals surface area contributed by atoms with E-state index in [1.54, 1.807) is 0 Å². The molecule has 0 amide bonds. The molecule has 0 radical (unpaired) electrons. The Morgan fingerprint density at radius 2 is 1.94 bits per heavy atom. The molecule has 2 rings (SSSR count). The van der Waals surface area contributed by atoms with Crippen LogP contribution < -0.4 is 5.32 Å². The molecule has 0 saturated heterocycles. The van der Waals surface area contributed by atoms with Crippen LogP contribution in [0.1, 0.15) is 32.8 Å². The average Bonchev–Trinajstić information content (AvgIpc) is 2.33. The van der Waals surface area contributed by atoms with E-state index in [1.807, 2.05) is 12.3 Å². The minimum absolute atomic E-state index is 0.210. The summed E-state index contributed by atoms with van der Waals surface area (Å²) in [6.45, 7) is 7.65. The second-order valence-electron chi connectivity index (χ2n) is 5.82. The van der Waals surface area contributed by atoms with Crippen LogP contribution >= 0.6 is 0 Å². The standard InChI is InChI=1S/C16H22N2/c1-16(2,3)18-10-6-7-13-11-14-8-4-5-9-15(14)17-12-13/h4-5,8-9,11-12,18H,6-7,10H2,1-3H3. The highest BCUT2D eigenvalue weighted by atomic mass is 14.9. The van der Waals surface area contributed by atoms with Crippen LogP contribution in [0.4, 0.5) is 0 Å². The lowest BCUT2D eigenvalue weighted by Crippen LogP contribution is -2.36. The summed E-state index contributed by atoms with van der Waals surface area (Å²) in [5.74, 6) is 0. The predicted octanol–water partition coefficient (Wildman–Crippen LogP) is 3.56. The molecular weight excluding hydrogens is 220 g/mol. The van der Waals surface area contributed by atoms with Gasteiger partial charge in [0.2, 0.25) is 0 Å². The largest absolute Gasteiger partial charge is 0.312 e. The molecular formula is C16H22N2. The zero-order valence-corrected chi connectivity index (χ0v) is 11.5. The summed E-state index contributed by atoms with van der Waals surface area (Å²) >= 11 is 0. The molecule has 0 aliphatic heterocycles. The number of hydrogen-bond acceptors (Lipinski definition) is 2. The van der Waals surface area contributed by atoms with E-state index in [9.17, 15) is 0 Å². The molecule has 0 atom stereocenters. The third-order valence-corrected chi connectivity index (χ3v) is 2.94. The van der Waals surface area contributed by atoms with Gasteiger partial charge in [-0.25, -0.2) is 0 Å². The molecule has 0 fully saturated rings. The van der Waals surface area contributed by atoms with E-state index in [0.29, 0.717) is 0 Å². The Morgan fingerprint density at radius 1 is 1.17 bits per heavy atom. The van der Waals surface area contributed by atoms with Gasteiger partial charge in [-0.2, -0.15) is 0 Å². The number of aromatic nitrogens is 1. The van der Waals surface area contributed by atoms with Crippen molar-refractivity contribution in [3.8, 4) is 0 Å². The van der Waals surface area contributed by atoms with Crippen molar-refractivity contribution in [3.63, 3.8) is 0 Å². The molecule has 1 heterocycles. The Morgan fingerprint density at radius 3 is 2.72 bits per heavy atom. The number of pyridine rings is 1. The number of nitrogens with zero attached hydrogens (tertiary/aromatic N) is 1. The second kappa shape index (κ2) is 5.49. The molecule has 2 nitrogen and oxygen atoms in total. The van der Waals surface area contributed by atoms with Crippen molar-refractivity contribution < 1.29 is 0 Å². The van der Waals surface area contributed by atoms with Gasteiger partial charge in [0.1, 0.15) is 0 Å². The van der Waals surface area contributed by atoms with E-state index in [-0.39, 0.29) is 5.54 Å². The monoisotopic (exact) mass is 242 g/mol.